The van der Waals surface area contributed by atoms with Crippen molar-refractivity contribution in [2.45, 2.75) is 26.7 Å². The molecule has 3 heterocycles. The monoisotopic (exact) mass is 393 g/mol. The van der Waals surface area contributed by atoms with Crippen molar-refractivity contribution >= 4 is 34.7 Å². The molecule has 1 aliphatic rings. The van der Waals surface area contributed by atoms with Crippen molar-refractivity contribution in [3.63, 3.8) is 0 Å². The predicted molar refractivity (Wildman–Crippen MR) is 110 cm³/mol. The lowest BCUT2D eigenvalue weighted by molar-refractivity contribution is -0.120. The maximum absolute atomic E-state index is 12.8. The highest BCUT2D eigenvalue weighted by atomic mass is 16.2. The van der Waals surface area contributed by atoms with Crippen LogP contribution in [0.15, 0.2) is 36.7 Å². The maximum Gasteiger partial charge on any atom is 0.227 e. The molecular weight excluding hydrogens is 370 g/mol. The van der Waals surface area contributed by atoms with Gasteiger partial charge in [-0.25, -0.2) is 0 Å². The predicted octanol–water partition coefficient (Wildman–Crippen LogP) is 2.25. The second-order valence-electron chi connectivity index (χ2n) is 7.24. The minimum atomic E-state index is -0.137. The van der Waals surface area contributed by atoms with Crippen LogP contribution in [-0.4, -0.2) is 44.7 Å². The van der Waals surface area contributed by atoms with Crippen LogP contribution in [0.4, 0.5) is 17.2 Å². The Labute approximate surface area is 168 Å². The zero-order chi connectivity index (χ0) is 20.4. The molecule has 9 heteroatoms. The minimum Gasteiger partial charge on any atom is -0.355 e. The summed E-state index contributed by atoms with van der Waals surface area (Å²) in [6, 6.07) is 9.32. The number of rotatable bonds is 4. The highest BCUT2D eigenvalue weighted by Crippen LogP contribution is 2.26. The molecule has 0 atom stereocenters. The molecule has 2 N–H and O–H groups in total. The van der Waals surface area contributed by atoms with E-state index in [0.29, 0.717) is 11.3 Å². The van der Waals surface area contributed by atoms with E-state index in [4.69, 9.17) is 0 Å². The van der Waals surface area contributed by atoms with Crippen LogP contribution in [0.2, 0.25) is 0 Å². The molecule has 3 aromatic rings. The Kier molecular flexibility index (Phi) is 5.11. The van der Waals surface area contributed by atoms with E-state index in [1.54, 1.807) is 10.8 Å². The number of amides is 2. The Balaban J connectivity index is 1.38. The Morgan fingerprint density at radius 2 is 1.79 bits per heavy atom. The van der Waals surface area contributed by atoms with Crippen molar-refractivity contribution in [1.29, 1.82) is 0 Å². The van der Waals surface area contributed by atoms with Crippen LogP contribution in [0.25, 0.3) is 5.65 Å². The standard InChI is InChI=1S/C20H23N7O2/c1-13-16(22-14(2)28)4-3-5-17(13)23-20(29)15-8-10-26(11-9-15)19-7-6-18-24-21-12-27(18)25-19/h3-7,12,15H,8-11H2,1-2H3,(H,22,28)(H,23,29). The van der Waals surface area contributed by atoms with Crippen molar-refractivity contribution in [3.05, 3.63) is 42.2 Å². The number of carbonyl (C=O) groups excluding carboxylic acids is 2. The molecule has 0 spiro atoms. The maximum atomic E-state index is 12.8. The second-order valence-corrected chi connectivity index (χ2v) is 7.24. The van der Waals surface area contributed by atoms with Crippen LogP contribution in [0.3, 0.4) is 0 Å². The van der Waals surface area contributed by atoms with Gasteiger partial charge in [0.05, 0.1) is 0 Å². The van der Waals surface area contributed by atoms with Gasteiger partial charge in [0.15, 0.2) is 5.65 Å². The number of piperidine rings is 1. The smallest absolute Gasteiger partial charge is 0.227 e. The summed E-state index contributed by atoms with van der Waals surface area (Å²) in [5.41, 5.74) is 2.99. The van der Waals surface area contributed by atoms with E-state index in [0.717, 1.165) is 43.0 Å². The summed E-state index contributed by atoms with van der Waals surface area (Å²) in [4.78, 5) is 26.3. The number of nitrogens with zero attached hydrogens (tertiary/aromatic N) is 5. The fourth-order valence-corrected chi connectivity index (χ4v) is 3.59. The van der Waals surface area contributed by atoms with E-state index < -0.39 is 0 Å². The van der Waals surface area contributed by atoms with Gasteiger partial charge in [0.1, 0.15) is 12.1 Å². The van der Waals surface area contributed by atoms with Crippen molar-refractivity contribution in [2.75, 3.05) is 28.6 Å². The van der Waals surface area contributed by atoms with Gasteiger partial charge in [-0.15, -0.1) is 15.3 Å². The first-order valence-electron chi connectivity index (χ1n) is 9.61. The van der Waals surface area contributed by atoms with Gasteiger partial charge in [-0.3, -0.25) is 9.59 Å². The molecule has 150 valence electrons. The van der Waals surface area contributed by atoms with Crippen LogP contribution in [0.5, 0.6) is 0 Å². The Bertz CT molecular complexity index is 1050. The van der Waals surface area contributed by atoms with Crippen LogP contribution in [0, 0.1) is 12.8 Å². The Hall–Kier alpha value is -3.49. The second kappa shape index (κ2) is 7.86. The fraction of sp³-hybridized carbons (Fsp3) is 0.350. The molecule has 2 aromatic heterocycles. The summed E-state index contributed by atoms with van der Waals surface area (Å²) in [5, 5.41) is 18.1. The number of carbonyl (C=O) groups is 2. The molecule has 1 fully saturated rings. The molecular formula is C20H23N7O2. The SMILES string of the molecule is CC(=O)Nc1cccc(NC(=O)C2CCN(c3ccc4nncn4n3)CC2)c1C. The summed E-state index contributed by atoms with van der Waals surface area (Å²) in [6.07, 6.45) is 3.08. The molecule has 1 aliphatic heterocycles. The molecule has 4 rings (SSSR count). The van der Waals surface area contributed by atoms with E-state index in [-0.39, 0.29) is 17.7 Å². The number of aromatic nitrogens is 4. The average molecular weight is 393 g/mol. The van der Waals surface area contributed by atoms with Crippen LogP contribution in [0.1, 0.15) is 25.3 Å². The number of nitrogens with one attached hydrogen (secondary N) is 2. The molecule has 0 aliphatic carbocycles. The van der Waals surface area contributed by atoms with Gasteiger partial charge in [0.25, 0.3) is 0 Å². The van der Waals surface area contributed by atoms with Gasteiger partial charge in [-0.1, -0.05) is 6.07 Å². The van der Waals surface area contributed by atoms with Gasteiger partial charge in [-0.05, 0) is 49.6 Å². The Morgan fingerprint density at radius 1 is 1.07 bits per heavy atom. The highest BCUT2D eigenvalue weighted by molar-refractivity contribution is 5.96. The first kappa shape index (κ1) is 18.9. The molecule has 0 bridgehead atoms. The number of benzene rings is 1. The zero-order valence-electron chi connectivity index (χ0n) is 16.4. The largest absolute Gasteiger partial charge is 0.355 e. The van der Waals surface area contributed by atoms with Crippen LogP contribution in [-0.2, 0) is 9.59 Å². The van der Waals surface area contributed by atoms with Gasteiger partial charge in [-0.2, -0.15) is 4.52 Å². The van der Waals surface area contributed by atoms with E-state index in [1.807, 2.05) is 37.3 Å². The summed E-state index contributed by atoms with van der Waals surface area (Å²) in [5.74, 6) is 0.667. The topological polar surface area (TPSA) is 105 Å². The lowest BCUT2D eigenvalue weighted by atomic mass is 9.95. The molecule has 1 aromatic carbocycles. The molecule has 1 saturated heterocycles. The van der Waals surface area contributed by atoms with E-state index in [2.05, 4.69) is 30.8 Å². The van der Waals surface area contributed by atoms with Gasteiger partial charge in [0, 0.05) is 37.3 Å². The van der Waals surface area contributed by atoms with E-state index in [1.165, 1.54) is 6.92 Å². The number of hydrogen-bond acceptors (Lipinski definition) is 6. The van der Waals surface area contributed by atoms with Gasteiger partial charge < -0.3 is 15.5 Å². The van der Waals surface area contributed by atoms with Gasteiger partial charge in [0.2, 0.25) is 11.8 Å². The molecule has 29 heavy (non-hydrogen) atoms. The third-order valence-corrected chi connectivity index (χ3v) is 5.24. The number of hydrogen-bond donors (Lipinski definition) is 2. The average Bonchev–Trinajstić information content (AvgIpc) is 3.18. The summed E-state index contributed by atoms with van der Waals surface area (Å²) >= 11 is 0. The third kappa shape index (κ3) is 4.03. The molecule has 0 radical (unpaired) electrons. The summed E-state index contributed by atoms with van der Waals surface area (Å²) in [7, 11) is 0. The number of anilines is 3. The van der Waals surface area contributed by atoms with Crippen LogP contribution >= 0.6 is 0 Å². The lowest BCUT2D eigenvalue weighted by Gasteiger charge is -2.32. The first-order chi connectivity index (χ1) is 14.0. The normalized spacial score (nSPS) is 14.8. The van der Waals surface area contributed by atoms with Crippen LogP contribution < -0.4 is 15.5 Å². The molecule has 0 saturated carbocycles. The molecule has 2 amide bonds. The van der Waals surface area contributed by atoms with Crippen molar-refractivity contribution in [3.8, 4) is 0 Å². The number of fused-ring (bicyclic) bond motifs is 1. The van der Waals surface area contributed by atoms with Gasteiger partial charge >= 0.3 is 0 Å². The highest BCUT2D eigenvalue weighted by Gasteiger charge is 2.26. The van der Waals surface area contributed by atoms with Crippen molar-refractivity contribution in [2.24, 2.45) is 5.92 Å². The van der Waals surface area contributed by atoms with E-state index >= 15 is 0 Å². The lowest BCUT2D eigenvalue weighted by Crippen LogP contribution is -2.38. The fourth-order valence-electron chi connectivity index (χ4n) is 3.59. The summed E-state index contributed by atoms with van der Waals surface area (Å²) in [6.45, 7) is 4.86. The van der Waals surface area contributed by atoms with E-state index in [9.17, 15) is 9.59 Å². The first-order valence-corrected chi connectivity index (χ1v) is 9.61. The Morgan fingerprint density at radius 3 is 2.52 bits per heavy atom. The minimum absolute atomic E-state index is 0.00921. The quantitative estimate of drug-likeness (QED) is 0.704. The van der Waals surface area contributed by atoms with Crippen molar-refractivity contribution < 1.29 is 9.59 Å². The summed E-state index contributed by atoms with van der Waals surface area (Å²) < 4.78 is 1.65. The molecule has 0 unspecified atom stereocenters. The zero-order valence-corrected chi connectivity index (χ0v) is 16.4. The molecule has 9 nitrogen and oxygen atoms in total. The van der Waals surface area contributed by atoms with Crippen molar-refractivity contribution in [1.82, 2.24) is 19.8 Å². The third-order valence-electron chi connectivity index (χ3n) is 5.24.